The Labute approximate surface area is 112 Å². The van der Waals surface area contributed by atoms with Crippen LogP contribution in [0.15, 0.2) is 24.3 Å². The lowest BCUT2D eigenvalue weighted by molar-refractivity contribution is 0.483. The van der Waals surface area contributed by atoms with Gasteiger partial charge in [0.25, 0.3) is 0 Å². The molecule has 0 aromatic heterocycles. The number of hydrogen-bond acceptors (Lipinski definition) is 1. The van der Waals surface area contributed by atoms with Crippen molar-refractivity contribution in [2.75, 3.05) is 6.54 Å². The van der Waals surface area contributed by atoms with Gasteiger partial charge in [-0.05, 0) is 45.2 Å². The van der Waals surface area contributed by atoms with Crippen LogP contribution in [0.5, 0.6) is 0 Å². The van der Waals surface area contributed by atoms with Crippen LogP contribution in [0.3, 0.4) is 0 Å². The first-order valence-electron chi connectivity index (χ1n) is 6.94. The van der Waals surface area contributed by atoms with E-state index in [1.807, 2.05) is 6.92 Å². The molecule has 0 radical (unpaired) electrons. The molecule has 0 fully saturated rings. The molecule has 1 aromatic carbocycles. The molecule has 1 atom stereocenters. The third kappa shape index (κ3) is 5.89. The van der Waals surface area contributed by atoms with Crippen LogP contribution in [0.25, 0.3) is 0 Å². The van der Waals surface area contributed by atoms with Gasteiger partial charge in [0.15, 0.2) is 0 Å². The van der Waals surface area contributed by atoms with Crippen LogP contribution < -0.4 is 5.32 Å². The Hall–Kier alpha value is -1.26. The number of benzene rings is 1. The molecule has 0 saturated heterocycles. The van der Waals surface area contributed by atoms with Crippen LogP contribution in [0.1, 0.15) is 44.2 Å². The number of nitrogens with one attached hydrogen (secondary N) is 1. The Kier molecular flexibility index (Phi) is 7.22. The van der Waals surface area contributed by atoms with Crippen molar-refractivity contribution >= 4 is 0 Å². The average molecular weight is 243 g/mol. The molecule has 1 heteroatoms. The molecule has 0 bridgehead atoms. The molecule has 0 saturated carbocycles. The van der Waals surface area contributed by atoms with Gasteiger partial charge in [-0.15, -0.1) is 11.8 Å². The summed E-state index contributed by atoms with van der Waals surface area (Å²) in [5.74, 6) is 6.14. The Morgan fingerprint density at radius 1 is 1.33 bits per heavy atom. The highest BCUT2D eigenvalue weighted by molar-refractivity contribution is 5.23. The summed E-state index contributed by atoms with van der Waals surface area (Å²) in [7, 11) is 0. The Morgan fingerprint density at radius 3 is 2.83 bits per heavy atom. The van der Waals surface area contributed by atoms with Crippen molar-refractivity contribution in [2.45, 2.75) is 52.5 Å². The van der Waals surface area contributed by atoms with E-state index in [0.29, 0.717) is 6.04 Å². The molecule has 0 amide bonds. The molecule has 0 spiro atoms. The van der Waals surface area contributed by atoms with Gasteiger partial charge < -0.3 is 5.32 Å². The zero-order valence-corrected chi connectivity index (χ0v) is 11.9. The minimum Gasteiger partial charge on any atom is -0.314 e. The van der Waals surface area contributed by atoms with Crippen molar-refractivity contribution in [2.24, 2.45) is 0 Å². The van der Waals surface area contributed by atoms with Gasteiger partial charge in [-0.25, -0.2) is 0 Å². The third-order valence-corrected chi connectivity index (χ3v) is 3.04. The molecule has 0 aliphatic rings. The molecule has 1 unspecified atom stereocenters. The van der Waals surface area contributed by atoms with Gasteiger partial charge in [-0.2, -0.15) is 0 Å². The Bertz CT molecular complexity index is 398. The summed E-state index contributed by atoms with van der Waals surface area (Å²) in [6.07, 6.45) is 4.41. The van der Waals surface area contributed by atoms with Gasteiger partial charge in [0.2, 0.25) is 0 Å². The number of rotatable bonds is 7. The highest BCUT2D eigenvalue weighted by Crippen LogP contribution is 2.10. The summed E-state index contributed by atoms with van der Waals surface area (Å²) in [5.41, 5.74) is 2.77. The monoisotopic (exact) mass is 243 g/mol. The fraction of sp³-hybridized carbons (Fsp3) is 0.529. The van der Waals surface area contributed by atoms with E-state index in [4.69, 9.17) is 0 Å². The molecule has 1 rings (SSSR count). The lowest BCUT2D eigenvalue weighted by atomic mass is 10.0. The molecular formula is C17H25N. The smallest absolute Gasteiger partial charge is 0.0116 e. The van der Waals surface area contributed by atoms with E-state index in [-0.39, 0.29) is 0 Å². The molecule has 1 N–H and O–H groups in total. The maximum atomic E-state index is 3.63. The fourth-order valence-corrected chi connectivity index (χ4v) is 2.12. The lowest BCUT2D eigenvalue weighted by Gasteiger charge is -2.17. The largest absolute Gasteiger partial charge is 0.314 e. The van der Waals surface area contributed by atoms with Crippen LogP contribution in [-0.2, 0) is 6.42 Å². The second-order valence-electron chi connectivity index (χ2n) is 4.81. The minimum absolute atomic E-state index is 0.549. The lowest BCUT2D eigenvalue weighted by Crippen LogP contribution is -2.31. The summed E-state index contributed by atoms with van der Waals surface area (Å²) >= 11 is 0. The van der Waals surface area contributed by atoms with E-state index < -0.39 is 0 Å². The third-order valence-electron chi connectivity index (χ3n) is 3.04. The quantitative estimate of drug-likeness (QED) is 0.720. The standard InChI is InChI=1S/C17H25N/c1-4-6-7-11-17(18-12-5-2)14-16-10-8-9-15(3)13-16/h8-10,13,17-18H,5,7,11-12,14H2,1-3H3. The van der Waals surface area contributed by atoms with Crippen molar-refractivity contribution in [1.29, 1.82) is 0 Å². The van der Waals surface area contributed by atoms with Crippen molar-refractivity contribution in [3.8, 4) is 11.8 Å². The van der Waals surface area contributed by atoms with Gasteiger partial charge in [0.05, 0.1) is 0 Å². The second kappa shape index (κ2) is 8.78. The molecular weight excluding hydrogens is 218 g/mol. The van der Waals surface area contributed by atoms with Gasteiger partial charge in [-0.3, -0.25) is 0 Å². The van der Waals surface area contributed by atoms with Crippen LogP contribution in [0.2, 0.25) is 0 Å². The van der Waals surface area contributed by atoms with Crippen molar-refractivity contribution in [1.82, 2.24) is 5.32 Å². The first kappa shape index (κ1) is 14.8. The molecule has 1 aromatic rings. The van der Waals surface area contributed by atoms with E-state index in [1.165, 1.54) is 17.5 Å². The van der Waals surface area contributed by atoms with Crippen molar-refractivity contribution in [3.05, 3.63) is 35.4 Å². The van der Waals surface area contributed by atoms with Crippen molar-refractivity contribution < 1.29 is 0 Å². The molecule has 1 nitrogen and oxygen atoms in total. The van der Waals surface area contributed by atoms with E-state index in [2.05, 4.69) is 55.3 Å². The highest BCUT2D eigenvalue weighted by atomic mass is 14.9. The van der Waals surface area contributed by atoms with Crippen molar-refractivity contribution in [3.63, 3.8) is 0 Å². The van der Waals surface area contributed by atoms with E-state index in [9.17, 15) is 0 Å². The molecule has 0 aliphatic carbocycles. The molecule has 0 aliphatic heterocycles. The zero-order valence-electron chi connectivity index (χ0n) is 11.9. The average Bonchev–Trinajstić information content (AvgIpc) is 2.36. The van der Waals surface area contributed by atoms with E-state index in [1.54, 1.807) is 0 Å². The second-order valence-corrected chi connectivity index (χ2v) is 4.81. The van der Waals surface area contributed by atoms with Gasteiger partial charge in [0.1, 0.15) is 0 Å². The highest BCUT2D eigenvalue weighted by Gasteiger charge is 2.08. The maximum absolute atomic E-state index is 3.63. The normalized spacial score (nSPS) is 11.7. The van der Waals surface area contributed by atoms with Gasteiger partial charge in [0, 0.05) is 12.5 Å². The van der Waals surface area contributed by atoms with Gasteiger partial charge in [-0.1, -0.05) is 36.8 Å². The minimum atomic E-state index is 0.549. The predicted octanol–water partition coefficient (Wildman–Crippen LogP) is 3.71. The van der Waals surface area contributed by atoms with Crippen LogP contribution >= 0.6 is 0 Å². The SMILES string of the molecule is CC#CCCC(Cc1cccc(C)c1)NCCC. The van der Waals surface area contributed by atoms with E-state index in [0.717, 1.165) is 25.8 Å². The summed E-state index contributed by atoms with van der Waals surface area (Å²) in [5, 5.41) is 3.63. The topological polar surface area (TPSA) is 12.0 Å². The maximum Gasteiger partial charge on any atom is 0.0116 e. The summed E-state index contributed by atoms with van der Waals surface area (Å²) < 4.78 is 0. The zero-order chi connectivity index (χ0) is 13.2. The Balaban J connectivity index is 2.55. The first-order valence-corrected chi connectivity index (χ1v) is 6.94. The fourth-order valence-electron chi connectivity index (χ4n) is 2.12. The number of hydrogen-bond donors (Lipinski definition) is 1. The van der Waals surface area contributed by atoms with Crippen LogP contribution in [0.4, 0.5) is 0 Å². The predicted molar refractivity (Wildman–Crippen MR) is 79.6 cm³/mol. The summed E-state index contributed by atoms with van der Waals surface area (Å²) in [6.45, 7) is 7.37. The Morgan fingerprint density at radius 2 is 2.17 bits per heavy atom. The molecule has 98 valence electrons. The van der Waals surface area contributed by atoms with E-state index >= 15 is 0 Å². The van der Waals surface area contributed by atoms with Crippen LogP contribution in [-0.4, -0.2) is 12.6 Å². The first-order chi connectivity index (χ1) is 8.76. The number of aryl methyl sites for hydroxylation is 1. The summed E-state index contributed by atoms with van der Waals surface area (Å²) in [4.78, 5) is 0. The summed E-state index contributed by atoms with van der Waals surface area (Å²) in [6, 6.07) is 9.35. The van der Waals surface area contributed by atoms with Gasteiger partial charge >= 0.3 is 0 Å². The molecule has 0 heterocycles. The molecule has 18 heavy (non-hydrogen) atoms. The van der Waals surface area contributed by atoms with Crippen LogP contribution in [0, 0.1) is 18.8 Å².